The Morgan fingerprint density at radius 1 is 1.28 bits per heavy atom. The molecule has 1 unspecified atom stereocenters. The largest absolute Gasteiger partial charge is 0.497 e. The van der Waals surface area contributed by atoms with E-state index in [-0.39, 0.29) is 24.4 Å². The molecule has 3 rings (SSSR count). The fraction of sp³-hybridized carbons (Fsp3) is 0.333. The summed E-state index contributed by atoms with van der Waals surface area (Å²) in [5.41, 5.74) is 8.14. The molecule has 0 saturated heterocycles. The lowest BCUT2D eigenvalue weighted by Gasteiger charge is -2.19. The van der Waals surface area contributed by atoms with E-state index in [4.69, 9.17) is 10.5 Å². The highest BCUT2D eigenvalue weighted by molar-refractivity contribution is 5.92. The number of methoxy groups -OCH3 is 1. The zero-order valence-corrected chi connectivity index (χ0v) is 18.5. The Morgan fingerprint density at radius 2 is 2.06 bits per heavy atom. The highest BCUT2D eigenvalue weighted by Gasteiger charge is 2.18. The van der Waals surface area contributed by atoms with E-state index in [0.717, 1.165) is 35.2 Å². The van der Waals surface area contributed by atoms with Crippen molar-refractivity contribution in [3.8, 4) is 5.75 Å². The maximum Gasteiger partial charge on any atom is 0.243 e. The van der Waals surface area contributed by atoms with Crippen molar-refractivity contribution in [2.45, 2.75) is 31.8 Å². The van der Waals surface area contributed by atoms with Crippen LogP contribution in [0, 0.1) is 0 Å². The average molecular weight is 438 g/mol. The number of pyridine rings is 1. The first-order chi connectivity index (χ1) is 15.5. The van der Waals surface area contributed by atoms with Crippen LogP contribution in [0.15, 0.2) is 66.2 Å². The quantitative estimate of drug-likeness (QED) is 0.271. The lowest BCUT2D eigenvalue weighted by Crippen LogP contribution is -2.48. The Labute approximate surface area is 188 Å². The fourth-order valence-electron chi connectivity index (χ4n) is 3.49. The lowest BCUT2D eigenvalue weighted by atomic mass is 10.1. The molecule has 1 aromatic carbocycles. The van der Waals surface area contributed by atoms with Crippen LogP contribution in [0.3, 0.4) is 0 Å². The fourth-order valence-corrected chi connectivity index (χ4v) is 3.49. The van der Waals surface area contributed by atoms with Crippen LogP contribution in [0.5, 0.6) is 5.75 Å². The Bertz CT molecular complexity index is 1020. The highest BCUT2D eigenvalue weighted by Crippen LogP contribution is 2.28. The van der Waals surface area contributed by atoms with Gasteiger partial charge in [0.05, 0.1) is 18.3 Å². The summed E-state index contributed by atoms with van der Waals surface area (Å²) in [6.45, 7) is 2.68. The molecule has 1 aromatic heterocycles. The van der Waals surface area contributed by atoms with Gasteiger partial charge in [-0.2, -0.15) is 0 Å². The zero-order chi connectivity index (χ0) is 22.9. The Morgan fingerprint density at radius 3 is 2.78 bits per heavy atom. The summed E-state index contributed by atoms with van der Waals surface area (Å²) in [6, 6.07) is 7.28. The molecule has 8 heteroatoms. The van der Waals surface area contributed by atoms with Crippen molar-refractivity contribution in [2.24, 2.45) is 5.73 Å². The van der Waals surface area contributed by atoms with E-state index in [9.17, 15) is 9.90 Å². The second-order valence-corrected chi connectivity index (χ2v) is 7.68. The third-order valence-corrected chi connectivity index (χ3v) is 5.23. The second-order valence-electron chi connectivity index (χ2n) is 7.68. The zero-order valence-electron chi connectivity index (χ0n) is 18.5. The summed E-state index contributed by atoms with van der Waals surface area (Å²) in [5, 5.41) is 20.3. The van der Waals surface area contributed by atoms with Gasteiger partial charge < -0.3 is 31.5 Å². The molecule has 1 aliphatic carbocycles. The van der Waals surface area contributed by atoms with Gasteiger partial charge in [0.25, 0.3) is 0 Å². The van der Waals surface area contributed by atoms with Crippen molar-refractivity contribution in [3.63, 3.8) is 0 Å². The molecule has 170 valence electrons. The van der Waals surface area contributed by atoms with Crippen LogP contribution in [0.2, 0.25) is 0 Å². The Balaban J connectivity index is 1.48. The predicted octanol–water partition coefficient (Wildman–Crippen LogP) is 2.75. The maximum absolute atomic E-state index is 12.4. The molecule has 8 nitrogen and oxygen atoms in total. The van der Waals surface area contributed by atoms with Crippen LogP contribution < -0.4 is 26.4 Å². The standard InChI is InChI=1S/C24H31N5O3/c1-16(28-20-14-19(32-2)13-18-10-6-11-26-22(18)20)7-5-12-27-24(31)21(15-25)29-23(30)17-8-3-4-9-17/h3-4,6,8-11,13-14,16,21,28-30H,5,7,12,15,25H2,1-2H3,(H,27,31)/t16?,21-/m1/s1. The molecule has 0 fully saturated rings. The van der Waals surface area contributed by atoms with E-state index >= 15 is 0 Å². The molecule has 1 aliphatic rings. The summed E-state index contributed by atoms with van der Waals surface area (Å²) in [4.78, 5) is 16.9. The number of aliphatic hydroxyl groups excluding tert-OH is 1. The van der Waals surface area contributed by atoms with E-state index in [1.54, 1.807) is 25.5 Å². The molecule has 6 N–H and O–H groups in total. The second kappa shape index (κ2) is 11.2. The van der Waals surface area contributed by atoms with E-state index in [2.05, 4.69) is 27.9 Å². The number of nitrogens with two attached hydrogens (primary N) is 1. The number of hydrogen-bond acceptors (Lipinski definition) is 7. The van der Waals surface area contributed by atoms with Gasteiger partial charge in [0.2, 0.25) is 5.91 Å². The van der Waals surface area contributed by atoms with Crippen LogP contribution in [-0.4, -0.2) is 48.3 Å². The molecule has 0 radical (unpaired) electrons. The van der Waals surface area contributed by atoms with E-state index in [0.29, 0.717) is 12.1 Å². The number of nitrogens with one attached hydrogen (secondary N) is 3. The maximum atomic E-state index is 12.4. The molecule has 0 saturated carbocycles. The SMILES string of the molecule is COc1cc(NC(C)CCCNC(=O)[C@@H](CN)NC(O)=C2C=CC=C2)c2ncccc2c1. The number of aromatic nitrogens is 1. The number of hydrogen-bond donors (Lipinski definition) is 5. The van der Waals surface area contributed by atoms with Crippen LogP contribution in [0.1, 0.15) is 19.8 Å². The van der Waals surface area contributed by atoms with Gasteiger partial charge in [-0.15, -0.1) is 0 Å². The van der Waals surface area contributed by atoms with Crippen molar-refractivity contribution in [1.29, 1.82) is 0 Å². The number of carbonyl (C=O) groups is 1. The summed E-state index contributed by atoms with van der Waals surface area (Å²) in [5.74, 6) is 0.473. The first kappa shape index (κ1) is 23.1. The smallest absolute Gasteiger partial charge is 0.243 e. The van der Waals surface area contributed by atoms with Crippen molar-refractivity contribution < 1.29 is 14.6 Å². The molecule has 1 amide bonds. The molecule has 0 bridgehead atoms. The minimum Gasteiger partial charge on any atom is -0.497 e. The summed E-state index contributed by atoms with van der Waals surface area (Å²) < 4.78 is 5.40. The molecule has 1 heterocycles. The third-order valence-electron chi connectivity index (χ3n) is 5.23. The number of benzene rings is 1. The number of fused-ring (bicyclic) bond motifs is 1. The molecule has 0 aliphatic heterocycles. The van der Waals surface area contributed by atoms with Crippen molar-refractivity contribution >= 4 is 22.5 Å². The number of ether oxygens (including phenoxy) is 1. The van der Waals surface area contributed by atoms with Gasteiger partial charge in [0, 0.05) is 42.4 Å². The number of amides is 1. The van der Waals surface area contributed by atoms with Gasteiger partial charge in [-0.25, -0.2) is 0 Å². The van der Waals surface area contributed by atoms with E-state index < -0.39 is 6.04 Å². The number of aliphatic hydroxyl groups is 1. The van der Waals surface area contributed by atoms with Gasteiger partial charge in [-0.1, -0.05) is 18.2 Å². The molecular formula is C24H31N5O3. The van der Waals surface area contributed by atoms with Gasteiger partial charge in [0.15, 0.2) is 5.88 Å². The van der Waals surface area contributed by atoms with Crippen molar-refractivity contribution in [2.75, 3.05) is 25.5 Å². The molecule has 32 heavy (non-hydrogen) atoms. The predicted molar refractivity (Wildman–Crippen MR) is 128 cm³/mol. The molecule has 2 aromatic rings. The van der Waals surface area contributed by atoms with E-state index in [1.165, 1.54) is 0 Å². The topological polar surface area (TPSA) is 122 Å². The number of rotatable bonds is 11. The lowest BCUT2D eigenvalue weighted by molar-refractivity contribution is -0.122. The molecular weight excluding hydrogens is 406 g/mol. The summed E-state index contributed by atoms with van der Waals surface area (Å²) in [7, 11) is 1.65. The normalized spacial score (nSPS) is 14.3. The number of carbonyl (C=O) groups excluding carboxylic acids is 1. The average Bonchev–Trinajstić information content (AvgIpc) is 3.35. The van der Waals surface area contributed by atoms with E-state index in [1.807, 2.05) is 36.4 Å². The van der Waals surface area contributed by atoms with Gasteiger partial charge in [-0.3, -0.25) is 9.78 Å². The minimum atomic E-state index is -0.699. The Hall–Kier alpha value is -3.52. The van der Waals surface area contributed by atoms with Gasteiger partial charge >= 0.3 is 0 Å². The minimum absolute atomic E-state index is 0.0578. The molecule has 2 atom stereocenters. The first-order valence-corrected chi connectivity index (χ1v) is 10.7. The van der Waals surface area contributed by atoms with Crippen LogP contribution in [0.25, 0.3) is 10.9 Å². The summed E-state index contributed by atoms with van der Waals surface area (Å²) in [6.07, 6.45) is 10.5. The van der Waals surface area contributed by atoms with Crippen LogP contribution >= 0.6 is 0 Å². The van der Waals surface area contributed by atoms with Crippen molar-refractivity contribution in [1.82, 2.24) is 15.6 Å². The van der Waals surface area contributed by atoms with Crippen molar-refractivity contribution in [3.05, 3.63) is 66.2 Å². The van der Waals surface area contributed by atoms with Gasteiger partial charge in [-0.05, 0) is 44.1 Å². The summed E-state index contributed by atoms with van der Waals surface area (Å²) >= 11 is 0. The monoisotopic (exact) mass is 437 g/mol. The van der Waals surface area contributed by atoms with Crippen LogP contribution in [-0.2, 0) is 4.79 Å². The Kier molecular flexibility index (Phi) is 8.10. The van der Waals surface area contributed by atoms with Crippen LogP contribution in [0.4, 0.5) is 5.69 Å². The third kappa shape index (κ3) is 6.01. The number of anilines is 1. The molecule has 0 spiro atoms. The van der Waals surface area contributed by atoms with Gasteiger partial charge in [0.1, 0.15) is 11.8 Å². The number of nitrogens with zero attached hydrogens (tertiary/aromatic N) is 1. The first-order valence-electron chi connectivity index (χ1n) is 10.7. The highest BCUT2D eigenvalue weighted by atomic mass is 16.5. The number of allylic oxidation sites excluding steroid dienone is 5.